The van der Waals surface area contributed by atoms with E-state index in [-0.39, 0.29) is 65.4 Å². The average Bonchev–Trinajstić information content (AvgIpc) is 3.43. The summed E-state index contributed by atoms with van der Waals surface area (Å²) < 4.78 is 0. The van der Waals surface area contributed by atoms with Crippen LogP contribution in [0.1, 0.15) is 35.4 Å². The van der Waals surface area contributed by atoms with Crippen molar-refractivity contribution in [2.24, 2.45) is 29.6 Å². The van der Waals surface area contributed by atoms with Crippen molar-refractivity contribution in [2.75, 3.05) is 13.1 Å². The van der Waals surface area contributed by atoms with Crippen LogP contribution >= 0.6 is 11.6 Å². The van der Waals surface area contributed by atoms with Crippen molar-refractivity contribution in [1.82, 2.24) is 9.80 Å². The van der Waals surface area contributed by atoms with Gasteiger partial charge in [0.05, 0.1) is 23.7 Å². The van der Waals surface area contributed by atoms with Gasteiger partial charge >= 0.3 is 0 Å². The first-order valence-electron chi connectivity index (χ1n) is 15.6. The minimum Gasteiger partial charge on any atom is -0.508 e. The summed E-state index contributed by atoms with van der Waals surface area (Å²) in [5.74, 6) is -4.50. The molecule has 3 aromatic rings. The third kappa shape index (κ3) is 5.03. The van der Waals surface area contributed by atoms with Crippen LogP contribution in [0.3, 0.4) is 0 Å². The summed E-state index contributed by atoms with van der Waals surface area (Å²) in [6.45, 7) is 0.378. The van der Waals surface area contributed by atoms with E-state index < -0.39 is 35.5 Å². The lowest BCUT2D eigenvalue weighted by atomic mass is 9.57. The third-order valence-corrected chi connectivity index (χ3v) is 10.6. The Bertz CT molecular complexity index is 1770. The van der Waals surface area contributed by atoms with Crippen molar-refractivity contribution >= 4 is 35.2 Å². The topological polar surface area (TPSA) is 135 Å². The van der Waals surface area contributed by atoms with Gasteiger partial charge in [0.1, 0.15) is 17.2 Å². The van der Waals surface area contributed by atoms with E-state index in [0.717, 1.165) is 16.7 Å². The third-order valence-electron chi connectivity index (χ3n) is 10.3. The minimum absolute atomic E-state index is 0.0273. The highest BCUT2D eigenvalue weighted by molar-refractivity contribution is 6.31. The van der Waals surface area contributed by atoms with Crippen LogP contribution in [0.25, 0.3) is 0 Å². The number of rotatable bonds is 7. The standard InChI is InChI=1S/C36H33ClN2O7/c37-29-17-23(42)9-10-25(29)30-24-11-12-26-31(35(45)38(33(26)43)15-13-19-1-5-21(40)6-2-19)27(24)18-28-32(30)36(46)39(34(28)44)16-14-20-3-7-22(41)8-4-20/h1-11,17,26-28,30-32,40-42H,12-16,18H2/t26-,27+,28+,30+,31-,32+/m0/s1. The molecular weight excluding hydrogens is 608 g/mol. The molecule has 4 amide bonds. The largest absolute Gasteiger partial charge is 0.508 e. The fraction of sp³-hybridized carbons (Fsp3) is 0.333. The molecule has 2 heterocycles. The number of phenols is 3. The molecule has 3 fully saturated rings. The number of halogens is 1. The van der Waals surface area contributed by atoms with Crippen LogP contribution in [0.4, 0.5) is 0 Å². The normalized spacial score (nSPS) is 27.0. The maximum Gasteiger partial charge on any atom is 0.234 e. The van der Waals surface area contributed by atoms with E-state index in [4.69, 9.17) is 11.6 Å². The van der Waals surface area contributed by atoms with Crippen molar-refractivity contribution < 1.29 is 34.5 Å². The number of likely N-dealkylation sites (tertiary alicyclic amines) is 2. The highest BCUT2D eigenvalue weighted by atomic mass is 35.5. The number of nitrogens with zero attached hydrogens (tertiary/aromatic N) is 2. The van der Waals surface area contributed by atoms with Gasteiger partial charge in [-0.05, 0) is 84.7 Å². The fourth-order valence-corrected chi connectivity index (χ4v) is 8.38. The van der Waals surface area contributed by atoms with Gasteiger partial charge in [0.2, 0.25) is 23.6 Å². The van der Waals surface area contributed by atoms with Crippen molar-refractivity contribution in [3.8, 4) is 17.2 Å². The van der Waals surface area contributed by atoms with Crippen molar-refractivity contribution in [2.45, 2.75) is 31.6 Å². The van der Waals surface area contributed by atoms with Crippen LogP contribution in [0.2, 0.25) is 5.02 Å². The second-order valence-corrected chi connectivity index (χ2v) is 13.1. The molecule has 4 aliphatic rings. The maximum absolute atomic E-state index is 14.1. The molecule has 1 saturated carbocycles. The Morgan fingerprint density at radius 1 is 0.630 bits per heavy atom. The number of aromatic hydroxyl groups is 3. The van der Waals surface area contributed by atoms with Gasteiger partial charge in [-0.25, -0.2) is 0 Å². The number of hydrogen-bond donors (Lipinski definition) is 3. The Hall–Kier alpha value is -4.63. The Balaban J connectivity index is 1.20. The summed E-state index contributed by atoms with van der Waals surface area (Å²) >= 11 is 6.69. The first kappa shape index (κ1) is 30.0. The van der Waals surface area contributed by atoms with Gasteiger partial charge < -0.3 is 15.3 Å². The van der Waals surface area contributed by atoms with E-state index in [1.807, 2.05) is 6.08 Å². The second kappa shape index (κ2) is 11.6. The molecule has 7 rings (SSSR count). The average molecular weight is 641 g/mol. The zero-order chi connectivity index (χ0) is 32.3. The first-order valence-corrected chi connectivity index (χ1v) is 15.9. The predicted molar refractivity (Wildman–Crippen MR) is 168 cm³/mol. The summed E-state index contributed by atoms with van der Waals surface area (Å²) in [6.07, 6.45) is 3.45. The molecule has 2 saturated heterocycles. The van der Waals surface area contributed by atoms with Crippen LogP contribution < -0.4 is 0 Å². The van der Waals surface area contributed by atoms with Gasteiger partial charge in [-0.3, -0.25) is 29.0 Å². The first-order chi connectivity index (χ1) is 22.1. The zero-order valence-electron chi connectivity index (χ0n) is 24.9. The SMILES string of the molecule is O=C1[C@H]2[C@H](CC=C3[C@H]2C[C@H]2C(=O)N(CCc4ccc(O)cc4)C(=O)[C@H]2[C@H]3c2ccc(O)cc2Cl)C(=O)N1CCc1ccc(O)cc1. The van der Waals surface area contributed by atoms with Crippen LogP contribution in [0.15, 0.2) is 78.4 Å². The lowest BCUT2D eigenvalue weighted by Crippen LogP contribution is -2.43. The fourth-order valence-electron chi connectivity index (χ4n) is 8.08. The van der Waals surface area contributed by atoms with E-state index in [0.29, 0.717) is 24.8 Å². The lowest BCUT2D eigenvalue weighted by Gasteiger charge is -2.44. The summed E-state index contributed by atoms with van der Waals surface area (Å²) in [4.78, 5) is 58.4. The highest BCUT2D eigenvalue weighted by Gasteiger charge is 2.61. The molecule has 0 aromatic heterocycles. The van der Waals surface area contributed by atoms with Gasteiger partial charge in [-0.15, -0.1) is 0 Å². The molecule has 3 aromatic carbocycles. The number of benzene rings is 3. The molecule has 0 spiro atoms. The molecule has 46 heavy (non-hydrogen) atoms. The number of carbonyl (C=O) groups excluding carboxylic acids is 4. The van der Waals surface area contributed by atoms with E-state index in [9.17, 15) is 34.5 Å². The number of fused-ring (bicyclic) bond motifs is 4. The molecular formula is C36H33ClN2O7. The number of carbonyl (C=O) groups is 4. The van der Waals surface area contributed by atoms with Crippen LogP contribution in [0, 0.1) is 29.6 Å². The molecule has 0 bridgehead atoms. The molecule has 9 nitrogen and oxygen atoms in total. The number of allylic oxidation sites excluding steroid dienone is 2. The van der Waals surface area contributed by atoms with E-state index in [1.165, 1.54) is 21.9 Å². The van der Waals surface area contributed by atoms with Crippen LogP contribution in [0.5, 0.6) is 17.2 Å². The molecule has 6 atom stereocenters. The van der Waals surface area contributed by atoms with E-state index >= 15 is 0 Å². The molecule has 10 heteroatoms. The molecule has 0 radical (unpaired) electrons. The van der Waals surface area contributed by atoms with Crippen LogP contribution in [-0.2, 0) is 32.0 Å². The molecule has 3 N–H and O–H groups in total. The number of phenolic OH excluding ortho intramolecular Hbond substituents is 3. The second-order valence-electron chi connectivity index (χ2n) is 12.7. The summed E-state index contributed by atoms with van der Waals surface area (Å²) in [7, 11) is 0. The van der Waals surface area contributed by atoms with Crippen molar-refractivity contribution in [1.29, 1.82) is 0 Å². The van der Waals surface area contributed by atoms with Gasteiger partial charge in [0.15, 0.2) is 0 Å². The predicted octanol–water partition coefficient (Wildman–Crippen LogP) is 4.58. The quantitative estimate of drug-likeness (QED) is 0.254. The van der Waals surface area contributed by atoms with Gasteiger partial charge in [0, 0.05) is 24.0 Å². The Morgan fingerprint density at radius 2 is 1.15 bits per heavy atom. The van der Waals surface area contributed by atoms with Crippen molar-refractivity contribution in [3.63, 3.8) is 0 Å². The van der Waals surface area contributed by atoms with Crippen molar-refractivity contribution in [3.05, 3.63) is 100 Å². The molecule has 2 aliphatic carbocycles. The molecule has 0 unspecified atom stereocenters. The molecule has 2 aliphatic heterocycles. The zero-order valence-corrected chi connectivity index (χ0v) is 25.6. The van der Waals surface area contributed by atoms with E-state index in [1.54, 1.807) is 54.6 Å². The Labute approximate surface area is 270 Å². The van der Waals surface area contributed by atoms with Gasteiger partial charge in [-0.1, -0.05) is 53.6 Å². The number of amides is 4. The maximum atomic E-state index is 14.1. The van der Waals surface area contributed by atoms with Gasteiger partial charge in [0.25, 0.3) is 0 Å². The monoisotopic (exact) mass is 640 g/mol. The lowest BCUT2D eigenvalue weighted by molar-refractivity contribution is -0.142. The van der Waals surface area contributed by atoms with E-state index in [2.05, 4.69) is 0 Å². The summed E-state index contributed by atoms with van der Waals surface area (Å²) in [6, 6.07) is 17.9. The minimum atomic E-state index is -0.730. The van der Waals surface area contributed by atoms with Gasteiger partial charge in [-0.2, -0.15) is 0 Å². The summed E-state index contributed by atoms with van der Waals surface area (Å²) in [5, 5.41) is 29.6. The van der Waals surface area contributed by atoms with Crippen LogP contribution in [-0.4, -0.2) is 61.8 Å². The highest BCUT2D eigenvalue weighted by Crippen LogP contribution is 2.58. The smallest absolute Gasteiger partial charge is 0.234 e. The Morgan fingerprint density at radius 3 is 1.72 bits per heavy atom. The number of imide groups is 2. The number of hydrogen-bond acceptors (Lipinski definition) is 7. The Kier molecular flexibility index (Phi) is 7.59. The summed E-state index contributed by atoms with van der Waals surface area (Å²) in [5.41, 5.74) is 3.20. The molecule has 236 valence electrons.